The van der Waals surface area contributed by atoms with Crippen molar-refractivity contribution in [2.24, 2.45) is 0 Å². The van der Waals surface area contributed by atoms with Gasteiger partial charge in [0, 0.05) is 0 Å². The molecule has 1 aromatic heterocycles. The second kappa shape index (κ2) is 6.93. The van der Waals surface area contributed by atoms with Crippen LogP contribution in [0.15, 0.2) is 4.79 Å². The van der Waals surface area contributed by atoms with E-state index in [1.54, 1.807) is 0 Å². The first-order valence-electron chi connectivity index (χ1n) is 6.53. The maximum atomic E-state index is 12.4. The molecule has 0 aromatic carbocycles. The van der Waals surface area contributed by atoms with E-state index < -0.39 is 65.6 Å². The highest BCUT2D eigenvalue weighted by Crippen LogP contribution is 2.27. The fraction of sp³-hybridized carbons (Fsp3) is 0.600. The topological polar surface area (TPSA) is 217 Å². The smallest absolute Gasteiger partial charge is 0.386 e. The molecule has 132 valence electrons. The summed E-state index contributed by atoms with van der Waals surface area (Å²) in [5.74, 6) is -1.23. The van der Waals surface area contributed by atoms with Crippen LogP contribution in [0.3, 0.4) is 0 Å². The van der Waals surface area contributed by atoms with Gasteiger partial charge in [-0.2, -0.15) is 4.68 Å². The molecule has 4 unspecified atom stereocenters. The Bertz CT molecular complexity index is 707. The lowest BCUT2D eigenvalue weighted by atomic mass is 10.1. The van der Waals surface area contributed by atoms with Gasteiger partial charge >= 0.3 is 5.84 Å². The van der Waals surface area contributed by atoms with Crippen molar-refractivity contribution in [2.45, 2.75) is 24.5 Å². The van der Waals surface area contributed by atoms with Gasteiger partial charge in [-0.05, 0) is 4.92 Å². The Morgan fingerprint density at radius 1 is 1.42 bits per heavy atom. The van der Waals surface area contributed by atoms with Gasteiger partial charge in [0.05, 0.1) is 6.61 Å². The van der Waals surface area contributed by atoms with E-state index in [0.717, 1.165) is 0 Å². The van der Waals surface area contributed by atoms with Crippen LogP contribution in [0.1, 0.15) is 11.9 Å². The number of hydrogen-bond donors (Lipinski definition) is 6. The number of aromatic nitrogens is 3. The Kier molecular flexibility index (Phi) is 5.15. The van der Waals surface area contributed by atoms with Crippen molar-refractivity contribution in [3.05, 3.63) is 26.2 Å². The van der Waals surface area contributed by atoms with Gasteiger partial charge in [0.15, 0.2) is 6.23 Å². The summed E-state index contributed by atoms with van der Waals surface area (Å²) in [5, 5.41) is 64.4. The third-order valence-electron chi connectivity index (χ3n) is 3.32. The molecule has 1 aliphatic rings. The molecule has 0 bridgehead atoms. The van der Waals surface area contributed by atoms with Gasteiger partial charge in [-0.1, -0.05) is 10.6 Å². The van der Waals surface area contributed by atoms with E-state index in [9.17, 15) is 25.1 Å². The summed E-state index contributed by atoms with van der Waals surface area (Å²) in [6, 6.07) is 0. The second-order valence-corrected chi connectivity index (χ2v) is 4.73. The predicted molar refractivity (Wildman–Crippen MR) is 73.8 cm³/mol. The number of amidine groups is 1. The van der Waals surface area contributed by atoms with Crippen LogP contribution >= 0.6 is 0 Å². The van der Waals surface area contributed by atoms with E-state index in [0.29, 0.717) is 4.68 Å². The fourth-order valence-corrected chi connectivity index (χ4v) is 2.14. The zero-order chi connectivity index (χ0) is 18.0. The molecule has 2 heterocycles. The van der Waals surface area contributed by atoms with Crippen molar-refractivity contribution >= 4 is 11.5 Å². The van der Waals surface area contributed by atoms with Crippen molar-refractivity contribution < 1.29 is 30.1 Å². The number of aliphatic hydroxyl groups excluding tert-OH is 4. The van der Waals surface area contributed by atoms with Gasteiger partial charge in [0.1, 0.15) is 30.7 Å². The minimum absolute atomic E-state index is 0.484. The molecular formula is C10H14N6O8. The molecule has 24 heavy (non-hydrogen) atoms. The molecule has 4 atom stereocenters. The molecule has 0 spiro atoms. The van der Waals surface area contributed by atoms with Crippen molar-refractivity contribution in [2.75, 3.05) is 18.7 Å². The van der Waals surface area contributed by atoms with Gasteiger partial charge in [-0.15, -0.1) is 5.10 Å². The van der Waals surface area contributed by atoms with Crippen LogP contribution in [0.25, 0.3) is 0 Å². The third kappa shape index (κ3) is 2.95. The normalized spacial score (nSPS) is 26.3. The minimum atomic E-state index is -1.63. The first-order chi connectivity index (χ1) is 11.3. The Labute approximate surface area is 132 Å². The van der Waals surface area contributed by atoms with Crippen LogP contribution in [0.2, 0.25) is 0 Å². The van der Waals surface area contributed by atoms with Crippen molar-refractivity contribution in [3.63, 3.8) is 0 Å². The Balaban J connectivity index is 2.50. The quantitative estimate of drug-likeness (QED) is 0.0998. The molecule has 0 aliphatic carbocycles. The zero-order valence-electron chi connectivity index (χ0n) is 11.9. The molecular weight excluding hydrogens is 332 g/mol. The molecule has 14 nitrogen and oxygen atoms in total. The van der Waals surface area contributed by atoms with E-state index in [1.807, 2.05) is 0 Å². The number of anilines is 1. The SMILES string of the molecule is N=C(c1nnn(C2OC(CO)C(O)C2O)c(=O)c1NCO)[N+](=O)[O-]. The highest BCUT2D eigenvalue weighted by molar-refractivity contribution is 5.93. The van der Waals surface area contributed by atoms with E-state index in [4.69, 9.17) is 20.4 Å². The van der Waals surface area contributed by atoms with Crippen LogP contribution in [0.5, 0.6) is 0 Å². The van der Waals surface area contributed by atoms with Crippen molar-refractivity contribution in [1.82, 2.24) is 15.0 Å². The summed E-state index contributed by atoms with van der Waals surface area (Å²) >= 11 is 0. The highest BCUT2D eigenvalue weighted by Gasteiger charge is 2.45. The summed E-state index contributed by atoms with van der Waals surface area (Å²) < 4.78 is 5.60. The van der Waals surface area contributed by atoms with Gasteiger partial charge < -0.3 is 40.6 Å². The molecule has 1 aliphatic heterocycles. The molecule has 2 rings (SSSR count). The van der Waals surface area contributed by atoms with Crippen LogP contribution in [0.4, 0.5) is 5.69 Å². The number of ether oxygens (including phenoxy) is 1. The Morgan fingerprint density at radius 3 is 2.58 bits per heavy atom. The average Bonchev–Trinajstić information content (AvgIpc) is 2.84. The van der Waals surface area contributed by atoms with Crippen molar-refractivity contribution in [1.29, 1.82) is 5.41 Å². The number of nitrogens with zero attached hydrogens (tertiary/aromatic N) is 4. The molecule has 1 aromatic rings. The standard InChI is InChI=1S/C10H14N6O8/c11-8(16(22)23)4-5(12-2-18)9(21)15(14-13-4)10-7(20)6(19)3(1-17)24-10/h3,6-7,10-12,17-20H,1-2H2. The summed E-state index contributed by atoms with van der Waals surface area (Å²) in [6.45, 7) is -1.43. The summed E-state index contributed by atoms with van der Waals surface area (Å²) in [4.78, 5) is 21.9. The molecule has 14 heteroatoms. The predicted octanol–water partition coefficient (Wildman–Crippen LogP) is -3.79. The fourth-order valence-electron chi connectivity index (χ4n) is 2.14. The third-order valence-corrected chi connectivity index (χ3v) is 3.32. The summed E-state index contributed by atoms with van der Waals surface area (Å²) in [6.07, 6.45) is -5.82. The first-order valence-corrected chi connectivity index (χ1v) is 6.53. The van der Waals surface area contributed by atoms with E-state index >= 15 is 0 Å². The highest BCUT2D eigenvalue weighted by atomic mass is 16.6. The van der Waals surface area contributed by atoms with Crippen molar-refractivity contribution in [3.8, 4) is 0 Å². The maximum Gasteiger partial charge on any atom is 0.386 e. The number of rotatable bonds is 5. The monoisotopic (exact) mass is 346 g/mol. The van der Waals surface area contributed by atoms with E-state index in [2.05, 4.69) is 15.6 Å². The van der Waals surface area contributed by atoms with Gasteiger partial charge in [-0.25, -0.2) is 0 Å². The minimum Gasteiger partial charge on any atom is -0.394 e. The summed E-state index contributed by atoms with van der Waals surface area (Å²) in [5.41, 5.74) is -2.41. The van der Waals surface area contributed by atoms with Crippen LogP contribution in [0, 0.1) is 15.5 Å². The molecule has 6 N–H and O–H groups in total. The van der Waals surface area contributed by atoms with Crippen LogP contribution < -0.4 is 10.9 Å². The average molecular weight is 346 g/mol. The number of nitrogens with one attached hydrogen (secondary N) is 2. The van der Waals surface area contributed by atoms with Gasteiger partial charge in [0.25, 0.3) is 5.56 Å². The second-order valence-electron chi connectivity index (χ2n) is 4.73. The Hall–Kier alpha value is -2.52. The zero-order valence-corrected chi connectivity index (χ0v) is 11.9. The molecule has 1 saturated heterocycles. The number of hydrogen-bond acceptors (Lipinski definition) is 12. The Morgan fingerprint density at radius 2 is 2.08 bits per heavy atom. The molecule has 1 fully saturated rings. The van der Waals surface area contributed by atoms with E-state index in [-0.39, 0.29) is 0 Å². The lowest BCUT2D eigenvalue weighted by molar-refractivity contribution is -0.350. The molecule has 0 radical (unpaired) electrons. The lowest BCUT2D eigenvalue weighted by Gasteiger charge is -2.17. The molecule has 0 amide bonds. The molecule has 0 saturated carbocycles. The van der Waals surface area contributed by atoms with Crippen LogP contribution in [-0.2, 0) is 4.74 Å². The van der Waals surface area contributed by atoms with Gasteiger partial charge in [-0.3, -0.25) is 4.79 Å². The van der Waals surface area contributed by atoms with Crippen LogP contribution in [-0.4, -0.2) is 77.8 Å². The maximum absolute atomic E-state index is 12.4. The largest absolute Gasteiger partial charge is 0.394 e. The summed E-state index contributed by atoms with van der Waals surface area (Å²) in [7, 11) is 0. The van der Waals surface area contributed by atoms with Gasteiger partial charge in [0.2, 0.25) is 5.69 Å². The number of aliphatic hydroxyl groups is 4. The first kappa shape index (κ1) is 17.8. The lowest BCUT2D eigenvalue weighted by Crippen LogP contribution is -2.39. The van der Waals surface area contributed by atoms with E-state index in [1.165, 1.54) is 0 Å². The number of nitro groups is 1.